The number of morpholine rings is 1. The van der Waals surface area contributed by atoms with Crippen LogP contribution < -0.4 is 4.90 Å². The van der Waals surface area contributed by atoms with E-state index in [4.69, 9.17) is 4.74 Å². The Labute approximate surface area is 233 Å². The van der Waals surface area contributed by atoms with Gasteiger partial charge in [-0.15, -0.1) is 0 Å². The number of amides is 1. The molecule has 2 heterocycles. The van der Waals surface area contributed by atoms with E-state index in [1.165, 1.54) is 7.05 Å². The van der Waals surface area contributed by atoms with Crippen LogP contribution in [-0.2, 0) is 9.53 Å². The maximum absolute atomic E-state index is 13.7. The van der Waals surface area contributed by atoms with E-state index < -0.39 is 49.6 Å². The summed E-state index contributed by atoms with van der Waals surface area (Å²) in [5.41, 5.74) is -0.320. The first-order valence-electron chi connectivity index (χ1n) is 12.8. The molecule has 1 amide bonds. The van der Waals surface area contributed by atoms with Crippen LogP contribution >= 0.6 is 0 Å². The average molecular weight is 560 g/mol. The van der Waals surface area contributed by atoms with Crippen molar-refractivity contribution < 1.29 is 28.9 Å². The molecule has 2 unspecified atom stereocenters. The lowest BCUT2D eigenvalue weighted by Gasteiger charge is -2.35. The molecule has 0 spiro atoms. The number of nitro benzene ring substituents is 2. The van der Waals surface area contributed by atoms with E-state index >= 15 is 0 Å². The van der Waals surface area contributed by atoms with Crippen LogP contribution in [0.1, 0.15) is 28.5 Å². The molecular weight excluding hydrogens is 534 g/mol. The molecule has 0 radical (unpaired) electrons. The molecule has 0 N–H and O–H groups in total. The fourth-order valence-electron chi connectivity index (χ4n) is 5.70. The van der Waals surface area contributed by atoms with Crippen molar-refractivity contribution in [2.24, 2.45) is 0 Å². The lowest BCUT2D eigenvalue weighted by atomic mass is 9.71. The standard InChI is InChI=1S/C28H25N5O8/c1-29-26-21(16-20(31(35)36)17-22(26)32(37)38)24(27(28(29)34)33(39)40)23(18-8-4-2-5-9-18)25(19-10-6-3-7-11-19)30-12-14-41-15-13-30/h2-11,16-17,23-24H,12-15H2,1H3. The minimum Gasteiger partial charge on any atom is -0.612 e. The fraction of sp³-hybridized carbons (Fsp3) is 0.250. The zero-order valence-electron chi connectivity index (χ0n) is 21.9. The summed E-state index contributed by atoms with van der Waals surface area (Å²) >= 11 is 0. The molecule has 3 aromatic rings. The molecule has 5 rings (SSSR count). The van der Waals surface area contributed by atoms with Gasteiger partial charge >= 0.3 is 5.91 Å². The Hall–Kier alpha value is -5.17. The van der Waals surface area contributed by atoms with E-state index in [2.05, 4.69) is 0 Å². The highest BCUT2D eigenvalue weighted by molar-refractivity contribution is 6.46. The van der Waals surface area contributed by atoms with Gasteiger partial charge < -0.3 is 20.1 Å². The number of carbonyl (C=O) groups excluding carboxylic acids is 1. The van der Waals surface area contributed by atoms with Crippen LogP contribution in [0, 0.1) is 30.6 Å². The zero-order valence-corrected chi connectivity index (χ0v) is 21.9. The molecule has 1 saturated heterocycles. The molecule has 0 aromatic heterocycles. The van der Waals surface area contributed by atoms with Crippen LogP contribution in [0.5, 0.6) is 0 Å². The number of anilines is 1. The summed E-state index contributed by atoms with van der Waals surface area (Å²) in [4.78, 5) is 36.2. The van der Waals surface area contributed by atoms with Crippen LogP contribution in [0.2, 0.25) is 0 Å². The van der Waals surface area contributed by atoms with Gasteiger partial charge in [0.15, 0.2) is 18.8 Å². The lowest BCUT2D eigenvalue weighted by molar-refractivity contribution is -0.550. The van der Waals surface area contributed by atoms with E-state index in [9.17, 15) is 35.4 Å². The van der Waals surface area contributed by atoms with Crippen LogP contribution in [0.25, 0.3) is 0 Å². The Balaban J connectivity index is 1.93. The minimum absolute atomic E-state index is 0.0461. The number of fused-ring (bicyclic) bond motifs is 1. The molecule has 41 heavy (non-hydrogen) atoms. The van der Waals surface area contributed by atoms with Gasteiger partial charge in [0.1, 0.15) is 18.9 Å². The maximum Gasteiger partial charge on any atom is 0.321 e. The molecule has 0 aliphatic carbocycles. The quantitative estimate of drug-likeness (QED) is 0.192. The summed E-state index contributed by atoms with van der Waals surface area (Å²) in [6.45, 7) is 1.68. The van der Waals surface area contributed by atoms with Crippen molar-refractivity contribution in [2.75, 3.05) is 38.3 Å². The van der Waals surface area contributed by atoms with Crippen LogP contribution in [-0.4, -0.2) is 70.0 Å². The van der Waals surface area contributed by atoms with Crippen molar-refractivity contribution in [3.05, 3.63) is 120 Å². The van der Waals surface area contributed by atoms with Gasteiger partial charge in [-0.1, -0.05) is 48.5 Å². The summed E-state index contributed by atoms with van der Waals surface area (Å²) in [6.07, 6.45) is 0. The van der Waals surface area contributed by atoms with Crippen LogP contribution in [0.15, 0.2) is 72.8 Å². The van der Waals surface area contributed by atoms with Crippen molar-refractivity contribution in [3.8, 4) is 0 Å². The first-order valence-corrected chi connectivity index (χ1v) is 12.8. The van der Waals surface area contributed by atoms with Crippen LogP contribution in [0.3, 0.4) is 0 Å². The second kappa shape index (κ2) is 11.1. The highest BCUT2D eigenvalue weighted by Crippen LogP contribution is 2.49. The van der Waals surface area contributed by atoms with E-state index in [1.54, 1.807) is 30.3 Å². The molecule has 0 saturated carbocycles. The summed E-state index contributed by atoms with van der Waals surface area (Å²) in [5, 5.41) is 49.3. The molecule has 2 aliphatic heterocycles. The fourth-order valence-corrected chi connectivity index (χ4v) is 5.70. The molecule has 3 aromatic carbocycles. The van der Waals surface area contributed by atoms with Crippen molar-refractivity contribution in [3.63, 3.8) is 0 Å². The summed E-state index contributed by atoms with van der Waals surface area (Å²) in [6, 6.07) is 19.9. The van der Waals surface area contributed by atoms with Crippen molar-refractivity contribution in [2.45, 2.75) is 11.8 Å². The second-order valence-corrected chi connectivity index (χ2v) is 9.64. The van der Waals surface area contributed by atoms with Gasteiger partial charge in [-0.3, -0.25) is 25.0 Å². The van der Waals surface area contributed by atoms with E-state index in [1.807, 2.05) is 34.9 Å². The molecule has 0 bridgehead atoms. The summed E-state index contributed by atoms with van der Waals surface area (Å²) in [5.74, 6) is -3.35. The highest BCUT2D eigenvalue weighted by Gasteiger charge is 2.52. The topological polar surface area (TPSA) is 168 Å². The summed E-state index contributed by atoms with van der Waals surface area (Å²) < 4.78 is 7.60. The molecule has 2 aliphatic rings. The van der Waals surface area contributed by atoms with Crippen molar-refractivity contribution >= 4 is 34.4 Å². The second-order valence-electron chi connectivity index (χ2n) is 9.64. The van der Waals surface area contributed by atoms with Crippen molar-refractivity contribution in [1.82, 2.24) is 0 Å². The third kappa shape index (κ3) is 4.98. The SMILES string of the molecule is CN1C(=O)C(=[N+]([O-])[O-])C(C(C(c2ccccc2)=[N+]2CCOCC2)c2ccccc2)c2cc([N+](=O)[O-])cc([N+](=O)[O-])c21. The largest absolute Gasteiger partial charge is 0.612 e. The van der Waals surface area contributed by atoms with Gasteiger partial charge in [-0.2, -0.15) is 4.90 Å². The van der Waals surface area contributed by atoms with Gasteiger partial charge in [0.2, 0.25) is 0 Å². The zero-order chi connectivity index (χ0) is 29.3. The Kier molecular flexibility index (Phi) is 7.44. The number of carbonyl (C=O) groups is 1. The van der Waals surface area contributed by atoms with Crippen molar-refractivity contribution in [1.29, 1.82) is 0 Å². The third-order valence-corrected chi connectivity index (χ3v) is 7.41. The van der Waals surface area contributed by atoms with E-state index in [0.717, 1.165) is 22.6 Å². The van der Waals surface area contributed by atoms with Crippen LogP contribution in [0.4, 0.5) is 17.1 Å². The first kappa shape index (κ1) is 27.4. The molecular formula is C28H25N5O8. The molecule has 13 nitrogen and oxygen atoms in total. The number of rotatable bonds is 6. The Bertz CT molecular complexity index is 1580. The Morgan fingerprint density at radius 2 is 1.54 bits per heavy atom. The van der Waals surface area contributed by atoms with Gasteiger partial charge in [-0.05, 0) is 17.7 Å². The number of nitrogens with zero attached hydrogens (tertiary/aromatic N) is 5. The predicted molar refractivity (Wildman–Crippen MR) is 148 cm³/mol. The molecule has 210 valence electrons. The van der Waals surface area contributed by atoms with Gasteiger partial charge in [0, 0.05) is 24.2 Å². The number of hydrogen-bond donors (Lipinski definition) is 0. The van der Waals surface area contributed by atoms with Gasteiger partial charge in [-0.25, -0.2) is 4.58 Å². The van der Waals surface area contributed by atoms with Gasteiger partial charge in [0.25, 0.3) is 17.1 Å². The maximum atomic E-state index is 13.7. The van der Waals surface area contributed by atoms with Gasteiger partial charge in [0.05, 0.1) is 27.7 Å². The molecule has 1 fully saturated rings. The number of nitro groups is 2. The molecule has 13 heteroatoms. The molecule has 2 atom stereocenters. The normalized spacial score (nSPS) is 17.5. The number of ether oxygens (including phenoxy) is 1. The Morgan fingerprint density at radius 3 is 2.10 bits per heavy atom. The third-order valence-electron chi connectivity index (χ3n) is 7.41. The first-order chi connectivity index (χ1) is 19.7. The predicted octanol–water partition coefficient (Wildman–Crippen LogP) is 3.33. The van der Waals surface area contributed by atoms with E-state index in [-0.39, 0.29) is 11.3 Å². The number of hydrogen-bond acceptors (Lipinski definition) is 8. The number of non-ortho nitro benzene ring substituents is 1. The highest BCUT2D eigenvalue weighted by atomic mass is 16.8. The average Bonchev–Trinajstić information content (AvgIpc) is 2.98. The summed E-state index contributed by atoms with van der Waals surface area (Å²) in [7, 11) is 1.20. The Morgan fingerprint density at radius 1 is 0.927 bits per heavy atom. The smallest absolute Gasteiger partial charge is 0.321 e. The lowest BCUT2D eigenvalue weighted by Crippen LogP contribution is -2.48. The monoisotopic (exact) mass is 559 g/mol. The number of benzene rings is 3. The van der Waals surface area contributed by atoms with E-state index in [0.29, 0.717) is 37.6 Å². The minimum atomic E-state index is -1.40.